The first-order valence-corrected chi connectivity index (χ1v) is 20.7. The molecule has 318 valence electrons. The van der Waals surface area contributed by atoms with Gasteiger partial charge in [0.15, 0.2) is 11.5 Å². The van der Waals surface area contributed by atoms with E-state index >= 15 is 0 Å². The Kier molecular flexibility index (Phi) is 11.3. The normalized spacial score (nSPS) is 19.0. The lowest BCUT2D eigenvalue weighted by atomic mass is 10.0. The van der Waals surface area contributed by atoms with Crippen LogP contribution in [0.4, 0.5) is 21.0 Å². The number of carbonyl (C=O) groups excluding carboxylic acids is 4. The molecule has 0 bridgehead atoms. The van der Waals surface area contributed by atoms with Crippen molar-refractivity contribution in [2.45, 2.75) is 84.0 Å². The van der Waals surface area contributed by atoms with Crippen LogP contribution in [0.25, 0.3) is 22.5 Å². The molecule has 4 aliphatic rings. The molecule has 0 saturated carbocycles. The van der Waals surface area contributed by atoms with Crippen LogP contribution in [-0.2, 0) is 19.1 Å². The Labute approximate surface area is 348 Å². The minimum absolute atomic E-state index is 0.133. The minimum Gasteiger partial charge on any atom is -0.489 e. The summed E-state index contributed by atoms with van der Waals surface area (Å²) in [6, 6.07) is 8.05. The van der Waals surface area contributed by atoms with Gasteiger partial charge >= 0.3 is 12.2 Å². The summed E-state index contributed by atoms with van der Waals surface area (Å²) in [5.41, 5.74) is 5.04. The smallest absolute Gasteiger partial charge is 0.407 e. The van der Waals surface area contributed by atoms with E-state index in [1.165, 1.54) is 14.2 Å². The van der Waals surface area contributed by atoms with Crippen molar-refractivity contribution in [3.63, 3.8) is 0 Å². The van der Waals surface area contributed by atoms with Crippen LogP contribution in [0.2, 0.25) is 0 Å². The number of anilines is 2. The Morgan fingerprint density at radius 1 is 0.783 bits per heavy atom. The first-order valence-electron chi connectivity index (χ1n) is 20.7. The summed E-state index contributed by atoms with van der Waals surface area (Å²) in [6.45, 7) is 10.0. The molecule has 6 heterocycles. The van der Waals surface area contributed by atoms with E-state index in [4.69, 9.17) is 28.9 Å². The SMILES string of the molecule is COC(=O)NC(CC(C)C)C(=O)N1CCCC1c1ncc(-c2ccc3c(c2)N2CCOc4cc(-c5cnc(C6CCCN6C(=O)C(NC(=O)OC)C(C)C)[nH]5)cc(c42)O3)[nH]1. The fourth-order valence-corrected chi connectivity index (χ4v) is 8.80. The molecule has 4 aliphatic heterocycles. The summed E-state index contributed by atoms with van der Waals surface area (Å²) in [4.78, 5) is 73.9. The van der Waals surface area contributed by atoms with Gasteiger partial charge in [0.05, 0.1) is 62.3 Å². The second kappa shape index (κ2) is 16.8. The number of likely N-dealkylation sites (tertiary alicyclic amines) is 2. The number of nitrogens with zero attached hydrogens (tertiary/aromatic N) is 5. The van der Waals surface area contributed by atoms with Gasteiger partial charge in [-0.25, -0.2) is 19.6 Å². The summed E-state index contributed by atoms with van der Waals surface area (Å²) >= 11 is 0. The van der Waals surface area contributed by atoms with Gasteiger partial charge in [-0.1, -0.05) is 27.7 Å². The van der Waals surface area contributed by atoms with Crippen LogP contribution in [0.3, 0.4) is 0 Å². The zero-order chi connectivity index (χ0) is 42.2. The molecule has 8 rings (SSSR count). The third-order valence-electron chi connectivity index (χ3n) is 11.7. The number of imidazole rings is 2. The molecule has 4 unspecified atom stereocenters. The Hall–Kier alpha value is -6.26. The lowest BCUT2D eigenvalue weighted by molar-refractivity contribution is -0.136. The standard InChI is InChI=1S/C43H53N9O8/c1-23(2)17-27(48-42(55)57-5)40(53)51-13-7-9-30(51)38-44-21-28(46-38)25-11-12-33-32(18-25)50-15-16-59-34-19-26(20-35(60-33)37(34)50)29-22-45-39(47-29)31-10-8-14-52(31)41(54)36(24(3)4)49-43(56)58-6/h11-12,18-24,27,30-31,36H,7-10,13-17H2,1-6H3,(H,44,46)(H,45,47)(H,48,55)(H,49,56). The van der Waals surface area contributed by atoms with Crippen LogP contribution in [0.15, 0.2) is 42.7 Å². The zero-order valence-electron chi connectivity index (χ0n) is 34.9. The number of H-pyrrole nitrogens is 2. The van der Waals surface area contributed by atoms with Gasteiger partial charge in [-0.3, -0.25) is 9.59 Å². The van der Waals surface area contributed by atoms with Crippen molar-refractivity contribution in [2.75, 3.05) is 45.4 Å². The number of rotatable bonds is 11. The van der Waals surface area contributed by atoms with Gasteiger partial charge in [0, 0.05) is 24.2 Å². The molecular formula is C43H53N9O8. The largest absolute Gasteiger partial charge is 0.489 e. The van der Waals surface area contributed by atoms with Crippen LogP contribution in [0, 0.1) is 11.8 Å². The molecule has 17 heteroatoms. The molecular weight excluding hydrogens is 771 g/mol. The van der Waals surface area contributed by atoms with E-state index in [0.717, 1.165) is 59.6 Å². The molecule has 4 atom stereocenters. The van der Waals surface area contributed by atoms with E-state index in [0.29, 0.717) is 61.6 Å². The first-order chi connectivity index (χ1) is 28.9. The van der Waals surface area contributed by atoms with Crippen LogP contribution in [0.1, 0.15) is 83.5 Å². The van der Waals surface area contributed by atoms with Gasteiger partial charge in [-0.05, 0) is 74.3 Å². The predicted octanol–water partition coefficient (Wildman–Crippen LogP) is 6.58. The number of hydrogen-bond acceptors (Lipinski definition) is 11. The zero-order valence-corrected chi connectivity index (χ0v) is 34.9. The minimum atomic E-state index is -0.721. The highest BCUT2D eigenvalue weighted by Gasteiger charge is 2.39. The average molecular weight is 824 g/mol. The molecule has 4 aromatic rings. The number of benzene rings is 2. The number of hydrogen-bond donors (Lipinski definition) is 4. The van der Waals surface area contributed by atoms with Crippen molar-refractivity contribution in [1.29, 1.82) is 0 Å². The molecule has 0 radical (unpaired) electrons. The number of aromatic nitrogens is 4. The van der Waals surface area contributed by atoms with E-state index in [1.54, 1.807) is 17.3 Å². The van der Waals surface area contributed by atoms with Crippen molar-refractivity contribution in [1.82, 2.24) is 40.4 Å². The van der Waals surface area contributed by atoms with Gasteiger partial charge in [-0.15, -0.1) is 0 Å². The van der Waals surface area contributed by atoms with Crippen molar-refractivity contribution in [3.8, 4) is 39.8 Å². The Morgan fingerprint density at radius 2 is 1.40 bits per heavy atom. The topological polar surface area (TPSA) is 196 Å². The molecule has 2 aromatic carbocycles. The maximum atomic E-state index is 13.8. The van der Waals surface area contributed by atoms with Crippen molar-refractivity contribution in [3.05, 3.63) is 54.4 Å². The summed E-state index contributed by atoms with van der Waals surface area (Å²) in [7, 11) is 2.58. The van der Waals surface area contributed by atoms with Crippen LogP contribution in [0.5, 0.6) is 17.2 Å². The number of nitrogens with one attached hydrogen (secondary N) is 4. The second-order valence-electron chi connectivity index (χ2n) is 16.5. The third kappa shape index (κ3) is 7.79. The maximum absolute atomic E-state index is 13.8. The number of methoxy groups -OCH3 is 2. The quantitative estimate of drug-likeness (QED) is 0.128. The molecule has 60 heavy (non-hydrogen) atoms. The molecule has 2 fully saturated rings. The van der Waals surface area contributed by atoms with Crippen LogP contribution in [-0.4, -0.2) is 106 Å². The second-order valence-corrected chi connectivity index (χ2v) is 16.5. The van der Waals surface area contributed by atoms with E-state index in [1.807, 2.05) is 56.9 Å². The van der Waals surface area contributed by atoms with E-state index in [9.17, 15) is 19.2 Å². The Bertz CT molecular complexity index is 2270. The van der Waals surface area contributed by atoms with Gasteiger partial charge < -0.3 is 54.2 Å². The van der Waals surface area contributed by atoms with E-state index in [-0.39, 0.29) is 35.7 Å². The highest BCUT2D eigenvalue weighted by Crippen LogP contribution is 2.54. The van der Waals surface area contributed by atoms with Crippen molar-refractivity contribution < 1.29 is 38.1 Å². The predicted molar refractivity (Wildman–Crippen MR) is 221 cm³/mol. The summed E-state index contributed by atoms with van der Waals surface area (Å²) in [6.07, 6.45) is 5.94. The summed E-state index contributed by atoms with van der Waals surface area (Å²) in [5, 5.41) is 5.43. The maximum Gasteiger partial charge on any atom is 0.407 e. The lowest BCUT2D eigenvalue weighted by Gasteiger charge is -2.37. The van der Waals surface area contributed by atoms with Crippen molar-refractivity contribution >= 4 is 35.4 Å². The molecule has 17 nitrogen and oxygen atoms in total. The Balaban J connectivity index is 1.01. The monoisotopic (exact) mass is 823 g/mol. The number of ether oxygens (including phenoxy) is 4. The number of amides is 4. The van der Waals surface area contributed by atoms with Crippen molar-refractivity contribution in [2.24, 2.45) is 11.8 Å². The molecule has 4 N–H and O–H groups in total. The molecule has 0 aliphatic carbocycles. The number of carbonyl (C=O) groups is 4. The van der Waals surface area contributed by atoms with Crippen LogP contribution >= 0.6 is 0 Å². The highest BCUT2D eigenvalue weighted by atomic mass is 16.5. The number of fused-ring (bicyclic) bond motifs is 2. The molecule has 0 spiro atoms. The third-order valence-corrected chi connectivity index (χ3v) is 11.7. The number of aromatic amines is 2. The van der Waals surface area contributed by atoms with Gasteiger partial charge in [0.25, 0.3) is 0 Å². The summed E-state index contributed by atoms with van der Waals surface area (Å²) in [5.74, 6) is 3.15. The van der Waals surface area contributed by atoms with E-state index in [2.05, 4.69) is 31.6 Å². The lowest BCUT2D eigenvalue weighted by Crippen LogP contribution is -2.51. The summed E-state index contributed by atoms with van der Waals surface area (Å²) < 4.78 is 22.4. The average Bonchev–Trinajstić information content (AvgIpc) is 4.09. The van der Waals surface area contributed by atoms with E-state index < -0.39 is 24.3 Å². The number of alkyl carbamates (subject to hydrolysis) is 2. The fourth-order valence-electron chi connectivity index (χ4n) is 8.80. The highest BCUT2D eigenvalue weighted by molar-refractivity contribution is 5.89. The fraction of sp³-hybridized carbons (Fsp3) is 0.488. The van der Waals surface area contributed by atoms with Crippen LogP contribution < -0.4 is 25.0 Å². The molecule has 2 aromatic heterocycles. The Morgan fingerprint density at radius 3 is 2.03 bits per heavy atom. The first kappa shape index (κ1) is 40.5. The molecule has 4 amide bonds. The van der Waals surface area contributed by atoms with Gasteiger partial charge in [0.1, 0.15) is 41.8 Å². The van der Waals surface area contributed by atoms with Gasteiger partial charge in [0.2, 0.25) is 11.8 Å². The molecule has 2 saturated heterocycles. The van der Waals surface area contributed by atoms with Gasteiger partial charge in [-0.2, -0.15) is 0 Å².